The summed E-state index contributed by atoms with van der Waals surface area (Å²) in [4.78, 5) is 29.6. The molecular formula is C26H21F5N6O5S. The first-order valence-corrected chi connectivity index (χ1v) is 13.9. The lowest BCUT2D eigenvalue weighted by molar-refractivity contribution is -0.199. The van der Waals surface area contributed by atoms with Gasteiger partial charge in [0.15, 0.2) is 5.69 Å². The Kier molecular flexibility index (Phi) is 8.02. The monoisotopic (exact) mass is 624 g/mol. The van der Waals surface area contributed by atoms with Crippen LogP contribution in [0, 0.1) is 11.6 Å². The van der Waals surface area contributed by atoms with Crippen molar-refractivity contribution in [2.45, 2.75) is 11.1 Å². The summed E-state index contributed by atoms with van der Waals surface area (Å²) in [6.07, 6.45) is -2.99. The van der Waals surface area contributed by atoms with Crippen LogP contribution in [0.5, 0.6) is 5.88 Å². The second-order valence-electron chi connectivity index (χ2n) is 9.10. The zero-order chi connectivity index (χ0) is 30.9. The number of ether oxygens (including phenoxy) is 1. The summed E-state index contributed by atoms with van der Waals surface area (Å²) in [6, 6.07) is 7.22. The van der Waals surface area contributed by atoms with Crippen molar-refractivity contribution in [1.82, 2.24) is 20.3 Å². The molecular weight excluding hydrogens is 603 g/mol. The number of aromatic nitrogens is 3. The fraction of sp³-hybridized carbons (Fsp3) is 0.231. The molecule has 2 aromatic heterocycles. The normalized spacial score (nSPS) is 14.0. The zero-order valence-corrected chi connectivity index (χ0v) is 22.9. The predicted octanol–water partition coefficient (Wildman–Crippen LogP) is 3.60. The van der Waals surface area contributed by atoms with E-state index in [9.17, 15) is 35.2 Å². The molecule has 1 N–H and O–H groups in total. The first-order valence-electron chi connectivity index (χ1n) is 12.4. The number of carbonyl (C=O) groups excluding carboxylic acids is 1. The van der Waals surface area contributed by atoms with Gasteiger partial charge in [0.1, 0.15) is 28.7 Å². The lowest BCUT2D eigenvalue weighted by Gasteiger charge is -2.29. The molecule has 1 saturated heterocycles. The highest BCUT2D eigenvalue weighted by molar-refractivity contribution is 7.92. The van der Waals surface area contributed by atoms with E-state index in [-0.39, 0.29) is 11.6 Å². The minimum absolute atomic E-state index is 0.149. The van der Waals surface area contributed by atoms with Crippen LogP contribution in [0.15, 0.2) is 59.9 Å². The second-order valence-corrected chi connectivity index (χ2v) is 10.8. The molecule has 0 atom stereocenters. The van der Waals surface area contributed by atoms with Crippen LogP contribution in [0.25, 0.3) is 22.0 Å². The van der Waals surface area contributed by atoms with Gasteiger partial charge in [-0.15, -0.1) is 0 Å². The molecule has 0 unspecified atom stereocenters. The third kappa shape index (κ3) is 5.98. The van der Waals surface area contributed by atoms with Crippen molar-refractivity contribution in [3.05, 3.63) is 66.6 Å². The Morgan fingerprint density at radius 1 is 1.00 bits per heavy atom. The van der Waals surface area contributed by atoms with Gasteiger partial charge in [-0.1, -0.05) is 10.5 Å². The van der Waals surface area contributed by atoms with Gasteiger partial charge < -0.3 is 19.8 Å². The number of piperazine rings is 1. The van der Waals surface area contributed by atoms with Gasteiger partial charge in [0.05, 0.1) is 12.6 Å². The van der Waals surface area contributed by atoms with Crippen molar-refractivity contribution in [2.75, 3.05) is 42.7 Å². The minimum Gasteiger partial charge on any atom is -0.479 e. The Labute approximate surface area is 240 Å². The Hall–Kier alpha value is -4.64. The van der Waals surface area contributed by atoms with Crippen LogP contribution in [-0.2, 0) is 19.7 Å². The lowest BCUT2D eigenvalue weighted by atomic mass is 10.0. The first-order chi connectivity index (χ1) is 20.4. The highest BCUT2D eigenvalue weighted by Gasteiger charge is 2.46. The molecule has 1 fully saturated rings. The summed E-state index contributed by atoms with van der Waals surface area (Å²) in [5.74, 6) is -5.70. The number of hydrogen-bond acceptors (Lipinski definition) is 10. The number of benzene rings is 2. The van der Waals surface area contributed by atoms with E-state index in [4.69, 9.17) is 4.74 Å². The van der Waals surface area contributed by atoms with Gasteiger partial charge in [0.25, 0.3) is 10.0 Å². The van der Waals surface area contributed by atoms with Crippen LogP contribution in [0.3, 0.4) is 0 Å². The van der Waals surface area contributed by atoms with Gasteiger partial charge in [-0.05, 0) is 35.9 Å². The quantitative estimate of drug-likeness (QED) is 0.241. The number of fused-ring (bicyclic) bond motifs is 1. The van der Waals surface area contributed by atoms with E-state index in [1.54, 1.807) is 18.2 Å². The molecule has 0 amide bonds. The fourth-order valence-electron chi connectivity index (χ4n) is 4.37. The maximum atomic E-state index is 14.6. The van der Waals surface area contributed by atoms with E-state index in [2.05, 4.69) is 25.1 Å². The van der Waals surface area contributed by atoms with Gasteiger partial charge in [-0.3, -0.25) is 0 Å². The standard InChI is InChI=1S/C26H21F5N6O5S/c1-41-24-21(37(42-25(38)26(29,30)31)43(39,40)22-5-3-17(27)12-19(22)28)11-16(13-33-24)15-2-4-20-18(10-15)23(35-14-34-20)36-8-6-32-7-9-36/h2-5,10-14,32H,6-9H2,1H3. The summed E-state index contributed by atoms with van der Waals surface area (Å²) < 4.78 is 99.3. The van der Waals surface area contributed by atoms with E-state index < -0.39 is 54.7 Å². The molecule has 0 saturated carbocycles. The second kappa shape index (κ2) is 11.6. The van der Waals surface area contributed by atoms with Crippen molar-refractivity contribution in [3.63, 3.8) is 0 Å². The molecule has 226 valence electrons. The number of alkyl halides is 3. The number of nitrogens with zero attached hydrogens (tertiary/aromatic N) is 5. The third-order valence-corrected chi connectivity index (χ3v) is 7.97. The summed E-state index contributed by atoms with van der Waals surface area (Å²) in [5, 5.41) is 3.87. The van der Waals surface area contributed by atoms with Gasteiger partial charge in [-0.2, -0.15) is 21.6 Å². The third-order valence-electron chi connectivity index (χ3n) is 6.37. The zero-order valence-electron chi connectivity index (χ0n) is 22.1. The Morgan fingerprint density at radius 2 is 1.74 bits per heavy atom. The van der Waals surface area contributed by atoms with Crippen molar-refractivity contribution < 1.29 is 44.7 Å². The lowest BCUT2D eigenvalue weighted by Crippen LogP contribution is -2.44. The van der Waals surface area contributed by atoms with Crippen molar-refractivity contribution >= 4 is 38.4 Å². The number of nitrogens with one attached hydrogen (secondary N) is 1. The Bertz CT molecular complexity index is 1800. The minimum atomic E-state index is -5.65. The molecule has 0 aliphatic carbocycles. The molecule has 4 aromatic rings. The summed E-state index contributed by atoms with van der Waals surface area (Å²) >= 11 is 0. The SMILES string of the molecule is COc1ncc(-c2ccc3ncnc(N4CCNCC4)c3c2)cc1N(OC(=O)C(F)(F)F)S(=O)(=O)c1ccc(F)cc1F. The van der Waals surface area contributed by atoms with E-state index in [1.807, 2.05) is 4.90 Å². The maximum absolute atomic E-state index is 14.6. The smallest absolute Gasteiger partial charge is 0.479 e. The van der Waals surface area contributed by atoms with Crippen molar-refractivity contribution in [2.24, 2.45) is 0 Å². The summed E-state index contributed by atoms with van der Waals surface area (Å²) in [7, 11) is -4.41. The Balaban J connectivity index is 1.66. The van der Waals surface area contributed by atoms with E-state index in [0.717, 1.165) is 26.3 Å². The topological polar surface area (TPSA) is 127 Å². The number of anilines is 2. The molecule has 0 radical (unpaired) electrons. The van der Waals surface area contributed by atoms with E-state index in [0.29, 0.717) is 47.5 Å². The molecule has 1 aliphatic rings. The molecule has 2 aromatic carbocycles. The van der Waals surface area contributed by atoms with Gasteiger partial charge in [-0.25, -0.2) is 28.5 Å². The summed E-state index contributed by atoms with van der Waals surface area (Å²) in [6.45, 7) is 2.79. The number of halogens is 5. The maximum Gasteiger partial charge on any atom is 0.493 e. The van der Waals surface area contributed by atoms with Gasteiger partial charge in [0.2, 0.25) is 5.88 Å². The number of sulfonamides is 1. The van der Waals surface area contributed by atoms with E-state index in [1.165, 1.54) is 12.5 Å². The fourth-order valence-corrected chi connectivity index (χ4v) is 5.65. The van der Waals surface area contributed by atoms with Gasteiger partial charge >= 0.3 is 12.1 Å². The number of pyridine rings is 1. The van der Waals surface area contributed by atoms with Crippen molar-refractivity contribution in [1.29, 1.82) is 0 Å². The van der Waals surface area contributed by atoms with Crippen molar-refractivity contribution in [3.8, 4) is 17.0 Å². The molecule has 17 heteroatoms. The highest BCUT2D eigenvalue weighted by Crippen LogP contribution is 2.37. The molecule has 43 heavy (non-hydrogen) atoms. The first kappa shape index (κ1) is 29.8. The van der Waals surface area contributed by atoms with E-state index >= 15 is 0 Å². The number of carbonyl (C=O) groups is 1. The predicted molar refractivity (Wildman–Crippen MR) is 143 cm³/mol. The highest BCUT2D eigenvalue weighted by atomic mass is 32.2. The molecule has 3 heterocycles. The van der Waals surface area contributed by atoms with Gasteiger partial charge in [0, 0.05) is 49.4 Å². The molecule has 0 spiro atoms. The van der Waals surface area contributed by atoms with Crippen LogP contribution < -0.4 is 19.4 Å². The summed E-state index contributed by atoms with van der Waals surface area (Å²) in [5.41, 5.74) is 0.343. The molecule has 0 bridgehead atoms. The Morgan fingerprint density at radius 3 is 2.42 bits per heavy atom. The van der Waals surface area contributed by atoms with Crippen LogP contribution >= 0.6 is 0 Å². The average Bonchev–Trinajstić information content (AvgIpc) is 2.98. The van der Waals surface area contributed by atoms with Crippen LogP contribution in [0.2, 0.25) is 0 Å². The van der Waals surface area contributed by atoms with Crippen LogP contribution in [-0.4, -0.2) is 68.8 Å². The largest absolute Gasteiger partial charge is 0.493 e. The molecule has 1 aliphatic heterocycles. The molecule has 11 nitrogen and oxygen atoms in total. The number of hydrogen-bond donors (Lipinski definition) is 1. The number of methoxy groups -OCH3 is 1. The average molecular weight is 625 g/mol. The van der Waals surface area contributed by atoms with Crippen LogP contribution in [0.1, 0.15) is 0 Å². The number of rotatable bonds is 7. The van der Waals surface area contributed by atoms with Crippen LogP contribution in [0.4, 0.5) is 33.5 Å². The molecule has 5 rings (SSSR count).